The molecule has 2 aromatic rings. The number of nitrogens with two attached hydrogens (primary N) is 1. The molecule has 0 atom stereocenters. The second-order valence-electron chi connectivity index (χ2n) is 4.49. The van der Waals surface area contributed by atoms with Gasteiger partial charge in [-0.15, -0.1) is 0 Å². The van der Waals surface area contributed by atoms with Crippen molar-refractivity contribution in [3.63, 3.8) is 0 Å². The monoisotopic (exact) mass is 261 g/mol. The third-order valence-corrected chi connectivity index (χ3v) is 2.93. The summed E-state index contributed by atoms with van der Waals surface area (Å²) >= 11 is 5.93. The summed E-state index contributed by atoms with van der Waals surface area (Å²) in [7, 11) is 1.95. The van der Waals surface area contributed by atoms with Crippen LogP contribution in [0.5, 0.6) is 0 Å². The third-order valence-electron chi connectivity index (χ3n) is 2.74. The Kier molecular flexibility index (Phi) is 3.43. The Bertz CT molecular complexity index is 489. The molecular weight excluding hydrogens is 246 g/mol. The Morgan fingerprint density at radius 2 is 1.67 bits per heavy atom. The highest BCUT2D eigenvalue weighted by molar-refractivity contribution is 6.29. The number of hydrogen-bond acceptors (Lipinski definition) is 3. The minimum absolute atomic E-state index is 0.404. The standard InChI is InChI=1S/C14H16ClN3/c1-9-4-10(2)6-12(5-9)18(3)14-8-11(16)7-13(15)17-14/h4-8H,1-3H3,(H2,16,17). The number of hydrogen-bond donors (Lipinski definition) is 1. The van der Waals surface area contributed by atoms with Gasteiger partial charge in [0.05, 0.1) is 0 Å². The van der Waals surface area contributed by atoms with Gasteiger partial charge in [-0.05, 0) is 43.2 Å². The number of anilines is 3. The van der Waals surface area contributed by atoms with Crippen LogP contribution in [0.1, 0.15) is 11.1 Å². The SMILES string of the molecule is Cc1cc(C)cc(N(C)c2cc(N)cc(Cl)n2)c1. The van der Waals surface area contributed by atoms with Crippen molar-refractivity contribution in [1.82, 2.24) is 4.98 Å². The van der Waals surface area contributed by atoms with E-state index >= 15 is 0 Å². The highest BCUT2D eigenvalue weighted by Crippen LogP contribution is 2.26. The van der Waals surface area contributed by atoms with E-state index in [0.717, 1.165) is 11.5 Å². The highest BCUT2D eigenvalue weighted by Gasteiger charge is 2.08. The second kappa shape index (κ2) is 4.86. The van der Waals surface area contributed by atoms with E-state index in [4.69, 9.17) is 17.3 Å². The molecule has 2 rings (SSSR count). The first-order valence-electron chi connectivity index (χ1n) is 5.71. The van der Waals surface area contributed by atoms with Gasteiger partial charge in [0.15, 0.2) is 0 Å². The molecule has 3 nitrogen and oxygen atoms in total. The minimum Gasteiger partial charge on any atom is -0.399 e. The highest BCUT2D eigenvalue weighted by atomic mass is 35.5. The maximum atomic E-state index is 5.93. The predicted molar refractivity (Wildman–Crippen MR) is 77.6 cm³/mol. The molecule has 2 N–H and O–H groups in total. The first-order valence-corrected chi connectivity index (χ1v) is 6.08. The van der Waals surface area contributed by atoms with E-state index < -0.39 is 0 Å². The summed E-state index contributed by atoms with van der Waals surface area (Å²) < 4.78 is 0. The van der Waals surface area contributed by atoms with Crippen molar-refractivity contribution in [1.29, 1.82) is 0 Å². The molecule has 0 unspecified atom stereocenters. The Labute approximate surface area is 112 Å². The molecule has 0 aliphatic heterocycles. The van der Waals surface area contributed by atoms with E-state index in [-0.39, 0.29) is 0 Å². The fraction of sp³-hybridized carbons (Fsp3) is 0.214. The number of aryl methyl sites for hydroxylation is 2. The maximum absolute atomic E-state index is 5.93. The molecule has 18 heavy (non-hydrogen) atoms. The van der Waals surface area contributed by atoms with Gasteiger partial charge in [0.25, 0.3) is 0 Å². The summed E-state index contributed by atoms with van der Waals surface area (Å²) in [6.07, 6.45) is 0. The van der Waals surface area contributed by atoms with Gasteiger partial charge in [-0.3, -0.25) is 0 Å². The molecule has 0 amide bonds. The van der Waals surface area contributed by atoms with Crippen LogP contribution in [0.4, 0.5) is 17.2 Å². The molecule has 0 spiro atoms. The lowest BCUT2D eigenvalue weighted by molar-refractivity contribution is 1.12. The molecule has 0 bridgehead atoms. The number of benzene rings is 1. The van der Waals surface area contributed by atoms with Crippen molar-refractivity contribution < 1.29 is 0 Å². The zero-order valence-corrected chi connectivity index (χ0v) is 11.5. The second-order valence-corrected chi connectivity index (χ2v) is 4.87. The van der Waals surface area contributed by atoms with Crippen molar-refractivity contribution in [2.75, 3.05) is 17.7 Å². The first-order chi connectivity index (χ1) is 8.45. The lowest BCUT2D eigenvalue weighted by Crippen LogP contribution is -2.12. The van der Waals surface area contributed by atoms with Crippen LogP contribution in [0.15, 0.2) is 30.3 Å². The van der Waals surface area contributed by atoms with E-state index in [1.807, 2.05) is 18.0 Å². The summed E-state index contributed by atoms with van der Waals surface area (Å²) in [5.41, 5.74) is 9.90. The summed E-state index contributed by atoms with van der Waals surface area (Å²) in [4.78, 5) is 6.26. The molecule has 1 aromatic carbocycles. The number of nitrogens with zero attached hydrogens (tertiary/aromatic N) is 2. The van der Waals surface area contributed by atoms with E-state index in [1.54, 1.807) is 6.07 Å². The van der Waals surface area contributed by atoms with Crippen LogP contribution in [0, 0.1) is 13.8 Å². The Morgan fingerprint density at radius 3 is 2.22 bits per heavy atom. The van der Waals surface area contributed by atoms with Crippen LogP contribution in [-0.2, 0) is 0 Å². The van der Waals surface area contributed by atoms with E-state index in [9.17, 15) is 0 Å². The lowest BCUT2D eigenvalue weighted by Gasteiger charge is -2.20. The van der Waals surface area contributed by atoms with Crippen LogP contribution in [-0.4, -0.2) is 12.0 Å². The Hall–Kier alpha value is -1.74. The molecule has 94 valence electrons. The zero-order chi connectivity index (χ0) is 13.3. The average Bonchev–Trinajstić information content (AvgIpc) is 2.25. The molecule has 0 aliphatic carbocycles. The van der Waals surface area contributed by atoms with E-state index in [2.05, 4.69) is 37.0 Å². The van der Waals surface area contributed by atoms with Gasteiger partial charge in [0.2, 0.25) is 0 Å². The zero-order valence-electron chi connectivity index (χ0n) is 10.7. The van der Waals surface area contributed by atoms with Crippen molar-refractivity contribution in [2.45, 2.75) is 13.8 Å². The summed E-state index contributed by atoms with van der Waals surface area (Å²) in [6, 6.07) is 9.79. The predicted octanol–water partition coefficient (Wildman–Crippen LogP) is 3.70. The third kappa shape index (κ3) is 2.74. The lowest BCUT2D eigenvalue weighted by atomic mass is 10.1. The van der Waals surface area contributed by atoms with Gasteiger partial charge in [-0.25, -0.2) is 4.98 Å². The Balaban J connectivity index is 2.43. The molecule has 0 aliphatic rings. The maximum Gasteiger partial charge on any atom is 0.136 e. The van der Waals surface area contributed by atoms with Gasteiger partial charge >= 0.3 is 0 Å². The molecule has 1 heterocycles. The molecule has 0 fully saturated rings. The largest absolute Gasteiger partial charge is 0.399 e. The topological polar surface area (TPSA) is 42.1 Å². The van der Waals surface area contributed by atoms with Crippen LogP contribution in [0.3, 0.4) is 0 Å². The van der Waals surface area contributed by atoms with Crippen molar-refractivity contribution in [3.8, 4) is 0 Å². The molecule has 0 radical (unpaired) electrons. The summed E-state index contributed by atoms with van der Waals surface area (Å²) in [5, 5.41) is 0.404. The van der Waals surface area contributed by atoms with Crippen LogP contribution < -0.4 is 10.6 Å². The fourth-order valence-corrected chi connectivity index (χ4v) is 2.16. The summed E-state index contributed by atoms with van der Waals surface area (Å²) in [6.45, 7) is 4.15. The number of pyridine rings is 1. The normalized spacial score (nSPS) is 10.4. The number of halogens is 1. The quantitative estimate of drug-likeness (QED) is 0.838. The van der Waals surface area contributed by atoms with E-state index in [0.29, 0.717) is 10.8 Å². The van der Waals surface area contributed by atoms with Gasteiger partial charge in [-0.1, -0.05) is 17.7 Å². The van der Waals surface area contributed by atoms with Gasteiger partial charge in [-0.2, -0.15) is 0 Å². The smallest absolute Gasteiger partial charge is 0.136 e. The number of aromatic nitrogens is 1. The van der Waals surface area contributed by atoms with Crippen LogP contribution in [0.25, 0.3) is 0 Å². The first kappa shape index (κ1) is 12.7. The average molecular weight is 262 g/mol. The molecular formula is C14H16ClN3. The molecule has 1 aromatic heterocycles. The van der Waals surface area contributed by atoms with Gasteiger partial charge in [0, 0.05) is 24.5 Å². The molecule has 4 heteroatoms. The van der Waals surface area contributed by atoms with Crippen molar-refractivity contribution >= 4 is 28.8 Å². The molecule has 0 saturated heterocycles. The minimum atomic E-state index is 0.404. The summed E-state index contributed by atoms with van der Waals surface area (Å²) in [5.74, 6) is 0.741. The number of nitrogen functional groups attached to an aromatic ring is 1. The number of rotatable bonds is 2. The van der Waals surface area contributed by atoms with E-state index in [1.165, 1.54) is 11.1 Å². The van der Waals surface area contributed by atoms with Gasteiger partial charge in [0.1, 0.15) is 11.0 Å². The Morgan fingerprint density at radius 1 is 1.06 bits per heavy atom. The van der Waals surface area contributed by atoms with Crippen molar-refractivity contribution in [2.24, 2.45) is 0 Å². The van der Waals surface area contributed by atoms with Crippen LogP contribution in [0.2, 0.25) is 5.15 Å². The van der Waals surface area contributed by atoms with Crippen LogP contribution >= 0.6 is 11.6 Å². The van der Waals surface area contributed by atoms with Crippen molar-refractivity contribution in [3.05, 3.63) is 46.6 Å². The van der Waals surface area contributed by atoms with Gasteiger partial charge < -0.3 is 10.6 Å². The molecule has 0 saturated carbocycles. The fourth-order valence-electron chi connectivity index (χ4n) is 1.95.